The summed E-state index contributed by atoms with van der Waals surface area (Å²) in [7, 11) is 1.59. The molecule has 4 aromatic rings. The highest BCUT2D eigenvalue weighted by Crippen LogP contribution is 2.31. The number of nitrogens with one attached hydrogen (secondary N) is 2. The molecule has 0 unspecified atom stereocenters. The summed E-state index contributed by atoms with van der Waals surface area (Å²) < 4.78 is 13.1. The van der Waals surface area contributed by atoms with Crippen LogP contribution in [0, 0.1) is 5.95 Å². The van der Waals surface area contributed by atoms with E-state index in [0.717, 1.165) is 38.9 Å². The number of fused-ring (bicyclic) bond motifs is 1. The van der Waals surface area contributed by atoms with Crippen molar-refractivity contribution >= 4 is 23.0 Å². The van der Waals surface area contributed by atoms with Crippen molar-refractivity contribution in [2.24, 2.45) is 0 Å². The van der Waals surface area contributed by atoms with Crippen LogP contribution in [0.25, 0.3) is 39.4 Å². The second-order valence-corrected chi connectivity index (χ2v) is 6.27. The summed E-state index contributed by atoms with van der Waals surface area (Å²) in [5.41, 5.74) is 5.31. The Morgan fingerprint density at radius 3 is 2.71 bits per heavy atom. The van der Waals surface area contributed by atoms with Gasteiger partial charge < -0.3 is 10.3 Å². The largest absolute Gasteiger partial charge is 0.356 e. The first-order chi connectivity index (χ1) is 13.6. The number of carbonyl (C=O) groups excluding carboxylic acids is 1. The third kappa shape index (κ3) is 3.53. The van der Waals surface area contributed by atoms with E-state index in [1.54, 1.807) is 25.4 Å². The molecule has 0 spiro atoms. The summed E-state index contributed by atoms with van der Waals surface area (Å²) in [5, 5.41) is 3.48. The van der Waals surface area contributed by atoms with Gasteiger partial charge in [-0.15, -0.1) is 0 Å². The van der Waals surface area contributed by atoms with E-state index >= 15 is 0 Å². The highest BCUT2D eigenvalue weighted by molar-refractivity contribution is 5.96. The number of H-pyrrole nitrogens is 1. The number of rotatable bonds is 4. The van der Waals surface area contributed by atoms with Crippen molar-refractivity contribution in [1.82, 2.24) is 20.3 Å². The van der Waals surface area contributed by atoms with E-state index in [2.05, 4.69) is 20.3 Å². The molecule has 5 nitrogen and oxygen atoms in total. The molecule has 0 fully saturated rings. The van der Waals surface area contributed by atoms with Gasteiger partial charge in [-0.2, -0.15) is 4.39 Å². The van der Waals surface area contributed by atoms with Crippen LogP contribution in [0.5, 0.6) is 0 Å². The standard InChI is InChI=1S/C22H17FN4O/c1-24-21(28)8-5-14-3-2-4-15(9-14)17-10-18-19(13-27-22(18)26-12-17)16-6-7-20(23)25-11-16/h2-13H,1H3,(H,24,28)(H,26,27). The van der Waals surface area contributed by atoms with Crippen LogP contribution >= 0.6 is 0 Å². The number of likely N-dealkylation sites (N-methyl/N-ethyl adjacent to an activating group) is 1. The van der Waals surface area contributed by atoms with Crippen LogP contribution in [-0.2, 0) is 4.79 Å². The molecule has 0 saturated carbocycles. The molecule has 28 heavy (non-hydrogen) atoms. The zero-order valence-corrected chi connectivity index (χ0v) is 15.1. The van der Waals surface area contributed by atoms with Gasteiger partial charge >= 0.3 is 0 Å². The second kappa shape index (κ2) is 7.44. The Hall–Kier alpha value is -3.80. The third-order valence-electron chi connectivity index (χ3n) is 4.46. The number of pyridine rings is 2. The first-order valence-electron chi connectivity index (χ1n) is 8.73. The average molecular weight is 372 g/mol. The maximum Gasteiger partial charge on any atom is 0.243 e. The molecule has 3 heterocycles. The van der Waals surface area contributed by atoms with Crippen molar-refractivity contribution in [2.75, 3.05) is 7.05 Å². The van der Waals surface area contributed by atoms with Crippen molar-refractivity contribution in [1.29, 1.82) is 0 Å². The van der Waals surface area contributed by atoms with Gasteiger partial charge in [0.15, 0.2) is 0 Å². The Balaban J connectivity index is 1.74. The SMILES string of the molecule is CNC(=O)C=Cc1cccc(-c2cnc3[nH]cc(-c4ccc(F)nc4)c3c2)c1. The number of aromatic nitrogens is 3. The van der Waals surface area contributed by atoms with Crippen molar-refractivity contribution < 1.29 is 9.18 Å². The minimum absolute atomic E-state index is 0.154. The molecule has 1 amide bonds. The highest BCUT2D eigenvalue weighted by Gasteiger charge is 2.10. The van der Waals surface area contributed by atoms with Gasteiger partial charge in [0.1, 0.15) is 5.65 Å². The van der Waals surface area contributed by atoms with Gasteiger partial charge in [-0.1, -0.05) is 18.2 Å². The molecule has 0 saturated heterocycles. The number of hydrogen-bond acceptors (Lipinski definition) is 3. The van der Waals surface area contributed by atoms with Gasteiger partial charge in [-0.25, -0.2) is 9.97 Å². The van der Waals surface area contributed by atoms with Gasteiger partial charge in [0, 0.05) is 53.8 Å². The Morgan fingerprint density at radius 2 is 1.93 bits per heavy atom. The topological polar surface area (TPSA) is 70.7 Å². The van der Waals surface area contributed by atoms with Gasteiger partial charge in [-0.05, 0) is 41.5 Å². The second-order valence-electron chi connectivity index (χ2n) is 6.27. The fourth-order valence-electron chi connectivity index (χ4n) is 3.01. The predicted molar refractivity (Wildman–Crippen MR) is 108 cm³/mol. The number of amides is 1. The average Bonchev–Trinajstić information content (AvgIpc) is 3.16. The van der Waals surface area contributed by atoms with E-state index in [9.17, 15) is 9.18 Å². The molecule has 3 aromatic heterocycles. The molecule has 0 aliphatic carbocycles. The predicted octanol–water partition coefficient (Wildman–Crippen LogP) is 4.19. The molecule has 0 bridgehead atoms. The Bertz CT molecular complexity index is 1180. The summed E-state index contributed by atoms with van der Waals surface area (Å²) in [5.74, 6) is -0.664. The molecule has 0 aliphatic heterocycles. The minimum atomic E-state index is -0.510. The zero-order valence-electron chi connectivity index (χ0n) is 15.1. The molecule has 138 valence electrons. The van der Waals surface area contributed by atoms with Crippen molar-refractivity contribution in [3.05, 3.63) is 78.6 Å². The monoisotopic (exact) mass is 372 g/mol. The summed E-state index contributed by atoms with van der Waals surface area (Å²) in [6.07, 6.45) is 8.41. The molecule has 0 aliphatic rings. The third-order valence-corrected chi connectivity index (χ3v) is 4.46. The number of aromatic amines is 1. The smallest absolute Gasteiger partial charge is 0.243 e. The molecule has 4 rings (SSSR count). The van der Waals surface area contributed by atoms with Crippen LogP contribution in [0.4, 0.5) is 4.39 Å². The maximum absolute atomic E-state index is 13.1. The van der Waals surface area contributed by atoms with Crippen LogP contribution < -0.4 is 5.32 Å². The van der Waals surface area contributed by atoms with Crippen molar-refractivity contribution in [3.63, 3.8) is 0 Å². The first kappa shape index (κ1) is 17.6. The fourth-order valence-corrected chi connectivity index (χ4v) is 3.01. The molecule has 6 heteroatoms. The van der Waals surface area contributed by atoms with Crippen molar-refractivity contribution in [3.8, 4) is 22.3 Å². The maximum atomic E-state index is 13.1. The van der Waals surface area contributed by atoms with E-state index in [1.165, 1.54) is 18.3 Å². The van der Waals surface area contributed by atoms with E-state index in [1.807, 2.05) is 36.5 Å². The summed E-state index contributed by atoms with van der Waals surface area (Å²) in [4.78, 5) is 22.8. The summed E-state index contributed by atoms with van der Waals surface area (Å²) >= 11 is 0. The number of benzene rings is 1. The first-order valence-corrected chi connectivity index (χ1v) is 8.73. The van der Waals surface area contributed by atoms with Crippen LogP contribution in [0.1, 0.15) is 5.56 Å². The lowest BCUT2D eigenvalue weighted by Crippen LogP contribution is -2.13. The lowest BCUT2D eigenvalue weighted by atomic mass is 10.0. The number of carbonyl (C=O) groups is 1. The van der Waals surface area contributed by atoms with Crippen LogP contribution in [0.3, 0.4) is 0 Å². The minimum Gasteiger partial charge on any atom is -0.356 e. The van der Waals surface area contributed by atoms with E-state index in [-0.39, 0.29) is 5.91 Å². The van der Waals surface area contributed by atoms with E-state index in [0.29, 0.717) is 0 Å². The van der Waals surface area contributed by atoms with Crippen LogP contribution in [0.2, 0.25) is 0 Å². The number of hydrogen-bond donors (Lipinski definition) is 2. The van der Waals surface area contributed by atoms with Crippen LogP contribution in [-0.4, -0.2) is 27.9 Å². The number of nitrogens with zero attached hydrogens (tertiary/aromatic N) is 2. The molecule has 0 radical (unpaired) electrons. The molecule has 1 aromatic carbocycles. The Kier molecular flexibility index (Phi) is 4.68. The van der Waals surface area contributed by atoms with Gasteiger partial charge in [0.25, 0.3) is 0 Å². The normalized spacial score (nSPS) is 11.2. The molecule has 0 atom stereocenters. The molecular weight excluding hydrogens is 355 g/mol. The van der Waals surface area contributed by atoms with E-state index < -0.39 is 5.95 Å². The zero-order chi connectivity index (χ0) is 19.5. The van der Waals surface area contributed by atoms with E-state index in [4.69, 9.17) is 0 Å². The van der Waals surface area contributed by atoms with Gasteiger partial charge in [0.2, 0.25) is 11.9 Å². The fraction of sp³-hybridized carbons (Fsp3) is 0.0455. The highest BCUT2D eigenvalue weighted by atomic mass is 19.1. The Labute approximate surface area is 161 Å². The lowest BCUT2D eigenvalue weighted by Gasteiger charge is -2.05. The molecular formula is C22H17FN4O. The van der Waals surface area contributed by atoms with Gasteiger partial charge in [0.05, 0.1) is 0 Å². The summed E-state index contributed by atoms with van der Waals surface area (Å²) in [6.45, 7) is 0. The quantitative estimate of drug-likeness (QED) is 0.417. The van der Waals surface area contributed by atoms with Crippen LogP contribution in [0.15, 0.2) is 67.1 Å². The number of halogens is 1. The lowest BCUT2D eigenvalue weighted by molar-refractivity contribution is -0.115. The summed E-state index contributed by atoms with van der Waals surface area (Å²) in [6, 6.07) is 12.9. The molecule has 2 N–H and O–H groups in total. The van der Waals surface area contributed by atoms with Crippen molar-refractivity contribution in [2.45, 2.75) is 0 Å². The van der Waals surface area contributed by atoms with Gasteiger partial charge in [-0.3, -0.25) is 4.79 Å². The Morgan fingerprint density at radius 1 is 1.07 bits per heavy atom.